The predicted octanol–water partition coefficient (Wildman–Crippen LogP) is 4.00. The Morgan fingerprint density at radius 2 is 1.71 bits per heavy atom. The third-order valence-electron chi connectivity index (χ3n) is 3.82. The maximum absolute atomic E-state index is 12.2. The molecule has 0 unspecified atom stereocenters. The predicted molar refractivity (Wildman–Crippen MR) is 96.6 cm³/mol. The molecule has 0 bridgehead atoms. The highest BCUT2D eigenvalue weighted by Crippen LogP contribution is 2.16. The average molecular weight is 318 g/mol. The minimum atomic E-state index is -0.269. The highest BCUT2D eigenvalue weighted by molar-refractivity contribution is 6.03. The Labute approximate surface area is 140 Å². The van der Waals surface area contributed by atoms with E-state index in [1.807, 2.05) is 31.2 Å². The molecule has 0 aliphatic rings. The molecule has 0 aliphatic heterocycles. The van der Waals surface area contributed by atoms with Crippen LogP contribution in [0.1, 0.15) is 22.8 Å². The van der Waals surface area contributed by atoms with Gasteiger partial charge in [0.05, 0.1) is 12.8 Å². The maximum atomic E-state index is 12.2. The topological polar surface area (TPSA) is 50.7 Å². The van der Waals surface area contributed by atoms with Crippen LogP contribution in [0.5, 0.6) is 5.75 Å². The fourth-order valence-corrected chi connectivity index (χ4v) is 2.44. The smallest absolute Gasteiger partial charge is 0.271 e. The van der Waals surface area contributed by atoms with Crippen LogP contribution in [0.25, 0.3) is 10.8 Å². The molecule has 0 atom stereocenters. The molecule has 3 rings (SSSR count). The molecule has 0 saturated heterocycles. The van der Waals surface area contributed by atoms with E-state index >= 15 is 0 Å². The van der Waals surface area contributed by atoms with Crippen LogP contribution in [0.3, 0.4) is 0 Å². The van der Waals surface area contributed by atoms with Crippen molar-refractivity contribution in [3.05, 3.63) is 77.9 Å². The lowest BCUT2D eigenvalue weighted by Gasteiger charge is -2.06. The zero-order valence-corrected chi connectivity index (χ0v) is 13.6. The van der Waals surface area contributed by atoms with Gasteiger partial charge in [0.2, 0.25) is 0 Å². The first kappa shape index (κ1) is 15.7. The van der Waals surface area contributed by atoms with Crippen LogP contribution >= 0.6 is 0 Å². The zero-order valence-electron chi connectivity index (χ0n) is 13.6. The SMILES string of the molecule is COc1cccc(C(=O)N/N=C(\C)c2ccc3ccccc3c2)c1. The molecule has 0 radical (unpaired) electrons. The third-order valence-corrected chi connectivity index (χ3v) is 3.82. The van der Waals surface area contributed by atoms with Crippen LogP contribution in [0.4, 0.5) is 0 Å². The van der Waals surface area contributed by atoms with Gasteiger partial charge in [0, 0.05) is 5.56 Å². The second-order valence-corrected chi connectivity index (χ2v) is 5.43. The minimum Gasteiger partial charge on any atom is -0.497 e. The van der Waals surface area contributed by atoms with Gasteiger partial charge in [0.15, 0.2) is 0 Å². The Kier molecular flexibility index (Phi) is 4.57. The number of hydrazone groups is 1. The second kappa shape index (κ2) is 6.96. The number of hydrogen-bond donors (Lipinski definition) is 1. The minimum absolute atomic E-state index is 0.269. The summed E-state index contributed by atoms with van der Waals surface area (Å²) in [6, 6.07) is 21.2. The number of nitrogens with zero attached hydrogens (tertiary/aromatic N) is 1. The number of rotatable bonds is 4. The molecule has 24 heavy (non-hydrogen) atoms. The third kappa shape index (κ3) is 3.43. The summed E-state index contributed by atoms with van der Waals surface area (Å²) in [5.74, 6) is 0.368. The highest BCUT2D eigenvalue weighted by atomic mass is 16.5. The number of hydrogen-bond acceptors (Lipinski definition) is 3. The van der Waals surface area contributed by atoms with Gasteiger partial charge in [-0.3, -0.25) is 4.79 Å². The lowest BCUT2D eigenvalue weighted by molar-refractivity contribution is 0.0954. The molecule has 4 heteroatoms. The Bertz CT molecular complexity index is 916. The quantitative estimate of drug-likeness (QED) is 0.584. The zero-order chi connectivity index (χ0) is 16.9. The van der Waals surface area contributed by atoms with Crippen LogP contribution in [-0.2, 0) is 0 Å². The fourth-order valence-electron chi connectivity index (χ4n) is 2.44. The highest BCUT2D eigenvalue weighted by Gasteiger charge is 2.06. The Morgan fingerprint density at radius 3 is 2.50 bits per heavy atom. The van der Waals surface area contributed by atoms with Gasteiger partial charge in [0.1, 0.15) is 5.75 Å². The summed E-state index contributed by atoms with van der Waals surface area (Å²) >= 11 is 0. The molecular weight excluding hydrogens is 300 g/mol. The lowest BCUT2D eigenvalue weighted by Crippen LogP contribution is -2.19. The van der Waals surface area contributed by atoms with Gasteiger partial charge in [-0.05, 0) is 47.5 Å². The summed E-state index contributed by atoms with van der Waals surface area (Å²) in [4.78, 5) is 12.2. The molecule has 0 aromatic heterocycles. The fraction of sp³-hybridized carbons (Fsp3) is 0.100. The van der Waals surface area contributed by atoms with Gasteiger partial charge < -0.3 is 4.74 Å². The average Bonchev–Trinajstić information content (AvgIpc) is 2.65. The molecule has 0 heterocycles. The molecule has 4 nitrogen and oxygen atoms in total. The second-order valence-electron chi connectivity index (χ2n) is 5.43. The molecular formula is C20H18N2O2. The van der Waals surface area contributed by atoms with Crippen molar-refractivity contribution in [2.24, 2.45) is 5.10 Å². The van der Waals surface area contributed by atoms with Crippen molar-refractivity contribution in [1.82, 2.24) is 5.43 Å². The molecule has 1 amide bonds. The van der Waals surface area contributed by atoms with Crippen molar-refractivity contribution in [2.45, 2.75) is 6.92 Å². The number of fused-ring (bicyclic) bond motifs is 1. The van der Waals surface area contributed by atoms with E-state index < -0.39 is 0 Å². The number of carbonyl (C=O) groups is 1. The number of ether oxygens (including phenoxy) is 1. The van der Waals surface area contributed by atoms with Crippen LogP contribution < -0.4 is 10.2 Å². The molecule has 0 aliphatic carbocycles. The first-order chi connectivity index (χ1) is 11.7. The normalized spacial score (nSPS) is 11.3. The van der Waals surface area contributed by atoms with Gasteiger partial charge in [-0.15, -0.1) is 0 Å². The van der Waals surface area contributed by atoms with Gasteiger partial charge in [0.25, 0.3) is 5.91 Å². The molecule has 3 aromatic carbocycles. The van der Waals surface area contributed by atoms with Crippen LogP contribution in [0.2, 0.25) is 0 Å². The van der Waals surface area contributed by atoms with Crippen molar-refractivity contribution < 1.29 is 9.53 Å². The molecule has 120 valence electrons. The molecule has 0 saturated carbocycles. The van der Waals surface area contributed by atoms with Crippen molar-refractivity contribution >= 4 is 22.4 Å². The first-order valence-corrected chi connectivity index (χ1v) is 7.65. The molecule has 1 N–H and O–H groups in total. The van der Waals surface area contributed by atoms with Crippen molar-refractivity contribution in [1.29, 1.82) is 0 Å². The maximum Gasteiger partial charge on any atom is 0.271 e. The summed E-state index contributed by atoms with van der Waals surface area (Å²) in [6.45, 7) is 1.87. The van der Waals surface area contributed by atoms with Gasteiger partial charge >= 0.3 is 0 Å². The summed E-state index contributed by atoms with van der Waals surface area (Å²) in [7, 11) is 1.57. The van der Waals surface area contributed by atoms with Crippen molar-refractivity contribution in [3.63, 3.8) is 0 Å². The Balaban J connectivity index is 1.78. The van der Waals surface area contributed by atoms with E-state index in [0.717, 1.165) is 16.7 Å². The largest absolute Gasteiger partial charge is 0.497 e. The van der Waals surface area contributed by atoms with E-state index in [0.29, 0.717) is 11.3 Å². The van der Waals surface area contributed by atoms with E-state index in [9.17, 15) is 4.79 Å². The molecule has 3 aromatic rings. The number of carbonyl (C=O) groups excluding carboxylic acids is 1. The van der Waals surface area contributed by atoms with E-state index in [1.54, 1.807) is 31.4 Å². The monoisotopic (exact) mass is 318 g/mol. The van der Waals surface area contributed by atoms with Crippen LogP contribution in [-0.4, -0.2) is 18.7 Å². The standard InChI is InChI=1S/C20H18N2O2/c1-14(16-11-10-15-6-3-4-7-17(15)12-16)21-22-20(23)18-8-5-9-19(13-18)24-2/h3-13H,1-2H3,(H,22,23)/b21-14+. The van der Waals surface area contributed by atoms with Crippen molar-refractivity contribution in [3.8, 4) is 5.75 Å². The van der Waals surface area contributed by atoms with E-state index in [-0.39, 0.29) is 5.91 Å². The Morgan fingerprint density at radius 1 is 0.917 bits per heavy atom. The van der Waals surface area contributed by atoms with E-state index in [4.69, 9.17) is 4.74 Å². The Hall–Kier alpha value is -3.14. The number of nitrogens with one attached hydrogen (secondary N) is 1. The number of amides is 1. The number of methoxy groups -OCH3 is 1. The molecule has 0 spiro atoms. The number of benzene rings is 3. The summed E-state index contributed by atoms with van der Waals surface area (Å²) in [5, 5.41) is 6.53. The van der Waals surface area contributed by atoms with Gasteiger partial charge in [-0.25, -0.2) is 5.43 Å². The van der Waals surface area contributed by atoms with Gasteiger partial charge in [-0.2, -0.15) is 5.10 Å². The molecule has 0 fully saturated rings. The summed E-state index contributed by atoms with van der Waals surface area (Å²) < 4.78 is 5.12. The van der Waals surface area contributed by atoms with Crippen LogP contribution in [0, 0.1) is 0 Å². The first-order valence-electron chi connectivity index (χ1n) is 7.65. The van der Waals surface area contributed by atoms with E-state index in [2.05, 4.69) is 28.7 Å². The van der Waals surface area contributed by atoms with Crippen LogP contribution in [0.15, 0.2) is 71.8 Å². The van der Waals surface area contributed by atoms with E-state index in [1.165, 1.54) is 5.39 Å². The summed E-state index contributed by atoms with van der Waals surface area (Å²) in [6.07, 6.45) is 0. The van der Waals surface area contributed by atoms with Gasteiger partial charge in [-0.1, -0.05) is 42.5 Å². The lowest BCUT2D eigenvalue weighted by atomic mass is 10.0. The van der Waals surface area contributed by atoms with Crippen molar-refractivity contribution in [2.75, 3.05) is 7.11 Å². The summed E-state index contributed by atoms with van der Waals surface area (Å²) in [5.41, 5.74) is 4.81.